The molecule has 0 spiro atoms. The van der Waals surface area contributed by atoms with Crippen molar-refractivity contribution >= 4 is 34.8 Å². The van der Waals surface area contributed by atoms with Gasteiger partial charge in [0.15, 0.2) is 5.78 Å². The summed E-state index contributed by atoms with van der Waals surface area (Å²) in [5, 5.41) is 10.7. The van der Waals surface area contributed by atoms with Crippen molar-refractivity contribution in [3.8, 4) is 0 Å². The molecule has 0 saturated heterocycles. The normalized spacial score (nSPS) is 10.3. The molecule has 0 saturated carbocycles. The summed E-state index contributed by atoms with van der Waals surface area (Å²) in [7, 11) is 0. The van der Waals surface area contributed by atoms with Crippen LogP contribution in [0.3, 0.4) is 0 Å². The molecule has 20 heavy (non-hydrogen) atoms. The lowest BCUT2D eigenvalue weighted by atomic mass is 10.0. The number of carbonyl (C=O) groups excluding carboxylic acids is 1. The minimum atomic E-state index is -0.548. The lowest BCUT2D eigenvalue weighted by molar-refractivity contribution is -0.384. The first-order chi connectivity index (χ1) is 9.52. The summed E-state index contributed by atoms with van der Waals surface area (Å²) in [5.41, 5.74) is 0.622. The summed E-state index contributed by atoms with van der Waals surface area (Å²) in [6, 6.07) is 11.0. The van der Waals surface area contributed by atoms with E-state index in [9.17, 15) is 14.9 Å². The van der Waals surface area contributed by atoms with Crippen LogP contribution in [-0.4, -0.2) is 17.0 Å². The molecule has 2 rings (SSSR count). The number of nitro groups is 1. The van der Waals surface area contributed by atoms with Gasteiger partial charge in [0.1, 0.15) is 0 Å². The second kappa shape index (κ2) is 6.07. The number of halogens is 1. The van der Waals surface area contributed by atoms with E-state index in [0.29, 0.717) is 5.56 Å². The molecule has 102 valence electrons. The van der Waals surface area contributed by atoms with Crippen molar-refractivity contribution < 1.29 is 9.72 Å². The minimum absolute atomic E-state index is 0.0816. The third-order valence-corrected chi connectivity index (χ3v) is 3.82. The highest BCUT2D eigenvalue weighted by atomic mass is 35.5. The van der Waals surface area contributed by atoms with Gasteiger partial charge in [-0.25, -0.2) is 0 Å². The summed E-state index contributed by atoms with van der Waals surface area (Å²) in [6.07, 6.45) is 1.95. The fourth-order valence-corrected chi connectivity index (χ4v) is 2.37. The Balaban J connectivity index is 2.35. The Kier molecular flexibility index (Phi) is 4.42. The van der Waals surface area contributed by atoms with E-state index in [1.54, 1.807) is 23.9 Å². The lowest BCUT2D eigenvalue weighted by Gasteiger charge is -2.04. The zero-order chi connectivity index (χ0) is 14.7. The van der Waals surface area contributed by atoms with E-state index in [4.69, 9.17) is 11.6 Å². The fourth-order valence-electron chi connectivity index (χ4n) is 1.70. The topological polar surface area (TPSA) is 60.2 Å². The third kappa shape index (κ3) is 3.00. The average Bonchev–Trinajstić information content (AvgIpc) is 2.46. The van der Waals surface area contributed by atoms with E-state index in [2.05, 4.69) is 0 Å². The summed E-state index contributed by atoms with van der Waals surface area (Å²) >= 11 is 7.53. The number of hydrogen-bond donors (Lipinski definition) is 0. The molecule has 2 aromatic rings. The Hall–Kier alpha value is -1.85. The maximum Gasteiger partial charge on any atom is 0.270 e. The monoisotopic (exact) mass is 307 g/mol. The van der Waals surface area contributed by atoms with Crippen LogP contribution in [-0.2, 0) is 0 Å². The molecule has 0 amide bonds. The lowest BCUT2D eigenvalue weighted by Crippen LogP contribution is -2.02. The van der Waals surface area contributed by atoms with Crippen molar-refractivity contribution in [2.24, 2.45) is 0 Å². The number of nitrogens with zero attached hydrogens (tertiary/aromatic N) is 1. The quantitative estimate of drug-likeness (QED) is 0.367. The van der Waals surface area contributed by atoms with Gasteiger partial charge < -0.3 is 0 Å². The molecule has 4 nitrogen and oxygen atoms in total. The van der Waals surface area contributed by atoms with Crippen LogP contribution in [0.2, 0.25) is 5.02 Å². The molecular formula is C14H10ClNO3S. The van der Waals surface area contributed by atoms with Crippen molar-refractivity contribution in [2.45, 2.75) is 4.90 Å². The van der Waals surface area contributed by atoms with Crippen molar-refractivity contribution in [3.05, 3.63) is 68.7 Å². The number of nitro benzene ring substituents is 1. The molecule has 6 heteroatoms. The molecule has 0 heterocycles. The highest BCUT2D eigenvalue weighted by Gasteiger charge is 2.16. The van der Waals surface area contributed by atoms with Crippen LogP contribution in [0.4, 0.5) is 5.69 Å². The molecule has 2 aromatic carbocycles. The molecule has 0 aliphatic rings. The zero-order valence-corrected chi connectivity index (χ0v) is 12.1. The number of hydrogen-bond acceptors (Lipinski definition) is 4. The summed E-state index contributed by atoms with van der Waals surface area (Å²) < 4.78 is 0. The van der Waals surface area contributed by atoms with Gasteiger partial charge in [-0.2, -0.15) is 0 Å². The van der Waals surface area contributed by atoms with Crippen LogP contribution >= 0.6 is 23.4 Å². The molecule has 0 fully saturated rings. The molecule has 0 aromatic heterocycles. The Morgan fingerprint density at radius 3 is 2.35 bits per heavy atom. The van der Waals surface area contributed by atoms with Crippen LogP contribution in [0, 0.1) is 10.1 Å². The van der Waals surface area contributed by atoms with Gasteiger partial charge in [-0.1, -0.05) is 11.6 Å². The first kappa shape index (κ1) is 14.6. The van der Waals surface area contributed by atoms with Gasteiger partial charge in [0.25, 0.3) is 5.69 Å². The average molecular weight is 308 g/mol. The Morgan fingerprint density at radius 1 is 1.20 bits per heavy atom. The third-order valence-electron chi connectivity index (χ3n) is 2.76. The summed E-state index contributed by atoms with van der Waals surface area (Å²) in [4.78, 5) is 23.4. The van der Waals surface area contributed by atoms with Crippen molar-refractivity contribution in [3.63, 3.8) is 0 Å². The van der Waals surface area contributed by atoms with Crippen LogP contribution in [0.5, 0.6) is 0 Å². The van der Waals surface area contributed by atoms with Crippen LogP contribution in [0.1, 0.15) is 15.9 Å². The van der Waals surface area contributed by atoms with Crippen molar-refractivity contribution in [2.75, 3.05) is 6.26 Å². The van der Waals surface area contributed by atoms with E-state index < -0.39 is 4.92 Å². The van der Waals surface area contributed by atoms with Crippen LogP contribution < -0.4 is 0 Å². The minimum Gasteiger partial charge on any atom is -0.289 e. The second-order valence-corrected chi connectivity index (χ2v) is 5.27. The number of non-ortho nitro benzene ring substituents is 1. The van der Waals surface area contributed by atoms with Gasteiger partial charge in [0.2, 0.25) is 0 Å². The number of ketones is 1. The summed E-state index contributed by atoms with van der Waals surface area (Å²) in [6.45, 7) is 0. The van der Waals surface area contributed by atoms with Gasteiger partial charge in [-0.3, -0.25) is 14.9 Å². The van der Waals surface area contributed by atoms with E-state index in [1.807, 2.05) is 18.4 Å². The standard InChI is InChI=1S/C14H10ClNO3S/c1-20-11-5-2-9(3-6-11)14(17)12-7-4-10(16(18)19)8-13(12)15/h2-8H,1H3. The largest absolute Gasteiger partial charge is 0.289 e. The Bertz CT molecular complexity index is 671. The van der Waals surface area contributed by atoms with Gasteiger partial charge in [0, 0.05) is 28.2 Å². The molecule has 0 aliphatic heterocycles. The van der Waals surface area contributed by atoms with Gasteiger partial charge in [0.05, 0.1) is 9.95 Å². The fraction of sp³-hybridized carbons (Fsp3) is 0.0714. The van der Waals surface area contributed by atoms with Crippen molar-refractivity contribution in [1.29, 1.82) is 0 Å². The smallest absolute Gasteiger partial charge is 0.270 e. The second-order valence-electron chi connectivity index (χ2n) is 3.98. The Morgan fingerprint density at radius 2 is 1.85 bits per heavy atom. The SMILES string of the molecule is CSc1ccc(C(=O)c2ccc([N+](=O)[O-])cc2Cl)cc1. The molecule has 0 atom stereocenters. The first-order valence-corrected chi connectivity index (χ1v) is 7.26. The summed E-state index contributed by atoms with van der Waals surface area (Å²) in [5.74, 6) is -0.252. The van der Waals surface area contributed by atoms with E-state index in [1.165, 1.54) is 18.2 Å². The predicted octanol–water partition coefficient (Wildman–Crippen LogP) is 4.20. The maximum absolute atomic E-state index is 12.3. The predicted molar refractivity (Wildman–Crippen MR) is 79.8 cm³/mol. The highest BCUT2D eigenvalue weighted by Crippen LogP contribution is 2.25. The Labute approximate surface area is 124 Å². The van der Waals surface area contributed by atoms with Gasteiger partial charge >= 0.3 is 0 Å². The van der Waals surface area contributed by atoms with Gasteiger partial charge in [-0.05, 0) is 36.6 Å². The maximum atomic E-state index is 12.3. The van der Waals surface area contributed by atoms with E-state index >= 15 is 0 Å². The van der Waals surface area contributed by atoms with E-state index in [0.717, 1.165) is 4.90 Å². The van der Waals surface area contributed by atoms with Crippen LogP contribution in [0.15, 0.2) is 47.4 Å². The highest BCUT2D eigenvalue weighted by molar-refractivity contribution is 7.98. The number of carbonyl (C=O) groups is 1. The molecule has 0 radical (unpaired) electrons. The first-order valence-electron chi connectivity index (χ1n) is 5.65. The molecule has 0 bridgehead atoms. The molecule has 0 N–H and O–H groups in total. The molecule has 0 aliphatic carbocycles. The number of thioether (sulfide) groups is 1. The number of rotatable bonds is 4. The van der Waals surface area contributed by atoms with E-state index in [-0.39, 0.29) is 22.1 Å². The molecular weight excluding hydrogens is 298 g/mol. The number of benzene rings is 2. The molecule has 0 unspecified atom stereocenters. The van der Waals surface area contributed by atoms with Crippen molar-refractivity contribution in [1.82, 2.24) is 0 Å². The zero-order valence-electron chi connectivity index (χ0n) is 10.5. The van der Waals surface area contributed by atoms with Gasteiger partial charge in [-0.15, -0.1) is 11.8 Å². The van der Waals surface area contributed by atoms with Crippen LogP contribution in [0.25, 0.3) is 0 Å².